The van der Waals surface area contributed by atoms with Gasteiger partial charge in [0, 0.05) is 18.3 Å². The van der Waals surface area contributed by atoms with Gasteiger partial charge in [0.25, 0.3) is 0 Å². The molecule has 2 N–H and O–H groups in total. The summed E-state index contributed by atoms with van der Waals surface area (Å²) < 4.78 is 5.23. The van der Waals surface area contributed by atoms with E-state index in [1.165, 1.54) is 0 Å². The standard InChI is InChI=1S/C8H14O3S/c1-5-8(10)6(2-3-9)7(4-12)11-5/h1,5-10,12H,2-4H2/t5?,6-,7+,8?/m0/s1. The lowest BCUT2D eigenvalue weighted by Crippen LogP contribution is -2.27. The summed E-state index contributed by atoms with van der Waals surface area (Å²) in [6, 6.07) is 0. The van der Waals surface area contributed by atoms with E-state index < -0.39 is 12.2 Å². The van der Waals surface area contributed by atoms with Crippen LogP contribution >= 0.6 is 12.6 Å². The van der Waals surface area contributed by atoms with Crippen LogP contribution in [0.4, 0.5) is 0 Å². The molecule has 0 spiro atoms. The van der Waals surface area contributed by atoms with Gasteiger partial charge in [0.1, 0.15) is 0 Å². The van der Waals surface area contributed by atoms with Crippen LogP contribution in [0.5, 0.6) is 0 Å². The predicted molar refractivity (Wildman–Crippen MR) is 48.0 cm³/mol. The Bertz CT molecular complexity index is 142. The quantitative estimate of drug-likeness (QED) is 0.538. The highest BCUT2D eigenvalue weighted by atomic mass is 32.1. The van der Waals surface area contributed by atoms with E-state index in [0.29, 0.717) is 12.2 Å². The lowest BCUT2D eigenvalue weighted by molar-refractivity contribution is 0.0468. The van der Waals surface area contributed by atoms with Gasteiger partial charge in [0.2, 0.25) is 0 Å². The van der Waals surface area contributed by atoms with Crippen molar-refractivity contribution in [3.05, 3.63) is 6.92 Å². The molecule has 0 aromatic rings. The van der Waals surface area contributed by atoms with Crippen molar-refractivity contribution in [2.75, 3.05) is 12.4 Å². The molecule has 0 bridgehead atoms. The lowest BCUT2D eigenvalue weighted by Gasteiger charge is -2.16. The van der Waals surface area contributed by atoms with Gasteiger partial charge in [-0.05, 0) is 13.3 Å². The molecule has 0 aromatic carbocycles. The van der Waals surface area contributed by atoms with Gasteiger partial charge < -0.3 is 14.9 Å². The summed E-state index contributed by atoms with van der Waals surface area (Å²) in [5, 5.41) is 18.2. The van der Waals surface area contributed by atoms with E-state index in [1.807, 2.05) is 0 Å². The predicted octanol–water partition coefficient (Wildman–Crippen LogP) is -0.246. The molecule has 2 unspecified atom stereocenters. The summed E-state index contributed by atoms with van der Waals surface area (Å²) in [5.41, 5.74) is 0. The molecule has 1 fully saturated rings. The Kier molecular flexibility index (Phi) is 3.83. The van der Waals surface area contributed by atoms with Crippen LogP contribution in [-0.4, -0.2) is 40.9 Å². The highest BCUT2D eigenvalue weighted by Gasteiger charge is 2.39. The van der Waals surface area contributed by atoms with Crippen LogP contribution in [0.15, 0.2) is 0 Å². The summed E-state index contributed by atoms with van der Waals surface area (Å²) in [4.78, 5) is 0. The first-order valence-electron chi connectivity index (χ1n) is 4.01. The monoisotopic (exact) mass is 190 g/mol. The molecule has 4 heteroatoms. The van der Waals surface area contributed by atoms with Crippen molar-refractivity contribution in [3.63, 3.8) is 0 Å². The Morgan fingerprint density at radius 3 is 2.67 bits per heavy atom. The van der Waals surface area contributed by atoms with Crippen molar-refractivity contribution in [1.82, 2.24) is 0 Å². The first-order chi connectivity index (χ1) is 5.70. The molecule has 12 heavy (non-hydrogen) atoms. The lowest BCUT2D eigenvalue weighted by atomic mass is 9.94. The fourth-order valence-electron chi connectivity index (χ4n) is 1.53. The van der Waals surface area contributed by atoms with Crippen LogP contribution in [0, 0.1) is 12.8 Å². The summed E-state index contributed by atoms with van der Waals surface area (Å²) in [7, 11) is 0. The molecule has 1 aliphatic rings. The molecule has 1 rings (SSSR count). The fourth-order valence-corrected chi connectivity index (χ4v) is 1.89. The SMILES string of the molecule is [CH]C1O[C@H](CS)[C@H](CCO)C1O. The maximum Gasteiger partial charge on any atom is 0.0877 e. The topological polar surface area (TPSA) is 49.7 Å². The molecule has 0 aromatic heterocycles. The van der Waals surface area contributed by atoms with Crippen molar-refractivity contribution < 1.29 is 14.9 Å². The first kappa shape index (κ1) is 10.3. The number of aliphatic hydroxyl groups is 2. The van der Waals surface area contributed by atoms with Crippen LogP contribution in [-0.2, 0) is 4.74 Å². The molecule has 0 amide bonds. The summed E-state index contributed by atoms with van der Waals surface area (Å²) >= 11 is 4.08. The van der Waals surface area contributed by atoms with E-state index >= 15 is 0 Å². The molecule has 1 saturated heterocycles. The van der Waals surface area contributed by atoms with Crippen molar-refractivity contribution in [3.8, 4) is 0 Å². The Labute approximate surface area is 78.1 Å². The first-order valence-corrected chi connectivity index (χ1v) is 4.64. The largest absolute Gasteiger partial charge is 0.396 e. The van der Waals surface area contributed by atoms with Gasteiger partial charge in [-0.15, -0.1) is 0 Å². The minimum Gasteiger partial charge on any atom is -0.396 e. The zero-order valence-corrected chi connectivity index (χ0v) is 7.65. The molecule has 2 radical (unpaired) electrons. The average Bonchev–Trinajstić information content (AvgIpc) is 2.33. The van der Waals surface area contributed by atoms with Gasteiger partial charge in [-0.3, -0.25) is 0 Å². The van der Waals surface area contributed by atoms with E-state index in [4.69, 9.17) is 16.8 Å². The van der Waals surface area contributed by atoms with E-state index in [1.54, 1.807) is 0 Å². The van der Waals surface area contributed by atoms with Gasteiger partial charge in [0.05, 0.1) is 18.3 Å². The Morgan fingerprint density at radius 1 is 1.50 bits per heavy atom. The Morgan fingerprint density at radius 2 is 2.17 bits per heavy atom. The molecule has 3 nitrogen and oxygen atoms in total. The Hall–Kier alpha value is 0.230. The molecule has 1 aliphatic heterocycles. The van der Waals surface area contributed by atoms with Crippen LogP contribution in [0.25, 0.3) is 0 Å². The molecule has 0 aliphatic carbocycles. The summed E-state index contributed by atoms with van der Waals surface area (Å²) in [6.45, 7) is 5.52. The van der Waals surface area contributed by atoms with Crippen molar-refractivity contribution in [2.45, 2.75) is 24.7 Å². The van der Waals surface area contributed by atoms with Gasteiger partial charge in [-0.2, -0.15) is 12.6 Å². The zero-order valence-electron chi connectivity index (χ0n) is 6.76. The van der Waals surface area contributed by atoms with Gasteiger partial charge >= 0.3 is 0 Å². The third-order valence-electron chi connectivity index (χ3n) is 2.23. The third kappa shape index (κ3) is 1.93. The van der Waals surface area contributed by atoms with Crippen LogP contribution in [0.3, 0.4) is 0 Å². The number of ether oxygens (including phenoxy) is 1. The van der Waals surface area contributed by atoms with E-state index in [9.17, 15) is 5.11 Å². The molecule has 4 atom stereocenters. The highest BCUT2D eigenvalue weighted by Crippen LogP contribution is 2.29. The number of hydrogen-bond acceptors (Lipinski definition) is 4. The van der Waals surface area contributed by atoms with Gasteiger partial charge in [0.15, 0.2) is 0 Å². The fraction of sp³-hybridized carbons (Fsp3) is 0.875. The van der Waals surface area contributed by atoms with Crippen LogP contribution in [0.2, 0.25) is 0 Å². The average molecular weight is 190 g/mol. The summed E-state index contributed by atoms with van der Waals surface area (Å²) in [5.74, 6) is 0.442. The number of aliphatic hydroxyl groups excluding tert-OH is 2. The third-order valence-corrected chi connectivity index (χ3v) is 2.59. The minimum absolute atomic E-state index is 0.0437. The molecule has 70 valence electrons. The van der Waals surface area contributed by atoms with Crippen molar-refractivity contribution in [1.29, 1.82) is 0 Å². The molecule has 1 heterocycles. The van der Waals surface area contributed by atoms with E-state index in [-0.39, 0.29) is 18.6 Å². The zero-order chi connectivity index (χ0) is 9.14. The number of hydrogen-bond donors (Lipinski definition) is 3. The van der Waals surface area contributed by atoms with E-state index in [2.05, 4.69) is 12.6 Å². The smallest absolute Gasteiger partial charge is 0.0877 e. The van der Waals surface area contributed by atoms with Crippen LogP contribution in [0.1, 0.15) is 6.42 Å². The van der Waals surface area contributed by atoms with Crippen molar-refractivity contribution >= 4 is 12.6 Å². The Balaban J connectivity index is 2.53. The van der Waals surface area contributed by atoms with Crippen molar-refractivity contribution in [2.24, 2.45) is 5.92 Å². The summed E-state index contributed by atoms with van der Waals surface area (Å²) in [6.07, 6.45) is -0.918. The normalized spacial score (nSPS) is 42.0. The number of rotatable bonds is 3. The molecular weight excluding hydrogens is 176 g/mol. The van der Waals surface area contributed by atoms with Gasteiger partial charge in [-0.1, -0.05) is 0 Å². The maximum atomic E-state index is 9.50. The van der Waals surface area contributed by atoms with Crippen LogP contribution < -0.4 is 0 Å². The second kappa shape index (κ2) is 4.46. The highest BCUT2D eigenvalue weighted by molar-refractivity contribution is 7.80. The van der Waals surface area contributed by atoms with Gasteiger partial charge in [-0.25, -0.2) is 0 Å². The second-order valence-electron chi connectivity index (χ2n) is 2.99. The molecule has 0 saturated carbocycles. The second-order valence-corrected chi connectivity index (χ2v) is 3.35. The maximum absolute atomic E-state index is 9.50. The number of thiol groups is 1. The van der Waals surface area contributed by atoms with E-state index in [0.717, 1.165) is 0 Å². The minimum atomic E-state index is -0.672. The molecular formula is C8H14O3S.